The number of benzene rings is 2. The predicted octanol–water partition coefficient (Wildman–Crippen LogP) is 4.06. The Hall–Kier alpha value is -2.52. The summed E-state index contributed by atoms with van der Waals surface area (Å²) < 4.78 is 32.7. The lowest BCUT2D eigenvalue weighted by Gasteiger charge is -2.27. The van der Waals surface area contributed by atoms with Gasteiger partial charge in [0.15, 0.2) is 0 Å². The van der Waals surface area contributed by atoms with Crippen molar-refractivity contribution in [2.24, 2.45) is 0 Å². The number of ether oxygens (including phenoxy) is 1. The van der Waals surface area contributed by atoms with Crippen LogP contribution < -0.4 is 0 Å². The fourth-order valence-electron chi connectivity index (χ4n) is 3.43. The van der Waals surface area contributed by atoms with Crippen molar-refractivity contribution in [3.63, 3.8) is 0 Å². The van der Waals surface area contributed by atoms with Crippen LogP contribution in [0.2, 0.25) is 0 Å². The molecule has 0 aliphatic carbocycles. The Morgan fingerprint density at radius 1 is 0.909 bits per heavy atom. The first-order valence-electron chi connectivity index (χ1n) is 10.7. The largest absolute Gasteiger partial charge is 0.383 e. The second-order valence-electron chi connectivity index (χ2n) is 7.82. The Labute approximate surface area is 200 Å². The third-order valence-electron chi connectivity index (χ3n) is 5.15. The minimum Gasteiger partial charge on any atom is -0.383 e. The molecule has 0 saturated carbocycles. The van der Waals surface area contributed by atoms with E-state index in [2.05, 4.69) is 0 Å². The Morgan fingerprint density at radius 3 is 2.12 bits per heavy atom. The van der Waals surface area contributed by atoms with Crippen molar-refractivity contribution in [3.8, 4) is 0 Å². The van der Waals surface area contributed by atoms with Crippen LogP contribution in [0.25, 0.3) is 0 Å². The molecule has 1 heterocycles. The Bertz CT molecular complexity index is 1120. The minimum absolute atomic E-state index is 0.120. The number of hydrogen-bond acceptors (Lipinski definition) is 5. The number of thiophene rings is 1. The molecule has 3 rings (SSSR count). The average Bonchev–Trinajstić information content (AvgIpc) is 3.21. The number of aryl methyl sites for hydroxylation is 1. The SMILES string of the molecule is COCCN(CC(=O)N(Cc1ccccc1)Cc1ccc(C)s1)S(=O)(=O)Cc1ccccc1. The molecule has 6 nitrogen and oxygen atoms in total. The summed E-state index contributed by atoms with van der Waals surface area (Å²) in [5.41, 5.74) is 1.68. The van der Waals surface area contributed by atoms with Crippen LogP contribution in [-0.2, 0) is 38.4 Å². The monoisotopic (exact) mass is 486 g/mol. The molecule has 1 amide bonds. The zero-order chi connectivity index (χ0) is 23.7. The van der Waals surface area contributed by atoms with Crippen LogP contribution in [0, 0.1) is 6.92 Å². The summed E-state index contributed by atoms with van der Waals surface area (Å²) in [4.78, 5) is 17.4. The molecule has 0 N–H and O–H groups in total. The molecule has 0 unspecified atom stereocenters. The second-order valence-corrected chi connectivity index (χ2v) is 11.2. The van der Waals surface area contributed by atoms with Gasteiger partial charge in [0.25, 0.3) is 0 Å². The van der Waals surface area contributed by atoms with Crippen LogP contribution in [0.1, 0.15) is 20.9 Å². The Kier molecular flexibility index (Phi) is 9.20. The van der Waals surface area contributed by atoms with Crippen molar-refractivity contribution < 1.29 is 17.9 Å². The van der Waals surface area contributed by atoms with Gasteiger partial charge >= 0.3 is 0 Å². The van der Waals surface area contributed by atoms with E-state index in [0.29, 0.717) is 18.7 Å². The van der Waals surface area contributed by atoms with E-state index in [-0.39, 0.29) is 31.4 Å². The minimum atomic E-state index is -3.71. The summed E-state index contributed by atoms with van der Waals surface area (Å²) in [6.07, 6.45) is 0. The fraction of sp³-hybridized carbons (Fsp3) is 0.320. The van der Waals surface area contributed by atoms with Gasteiger partial charge in [0.2, 0.25) is 15.9 Å². The van der Waals surface area contributed by atoms with Crippen LogP contribution in [0.4, 0.5) is 0 Å². The van der Waals surface area contributed by atoms with E-state index < -0.39 is 10.0 Å². The van der Waals surface area contributed by atoms with Crippen LogP contribution in [0.5, 0.6) is 0 Å². The quantitative estimate of drug-likeness (QED) is 0.387. The normalized spacial score (nSPS) is 11.6. The van der Waals surface area contributed by atoms with Crippen molar-refractivity contribution in [1.29, 1.82) is 0 Å². The van der Waals surface area contributed by atoms with Gasteiger partial charge in [0, 0.05) is 30.0 Å². The summed E-state index contributed by atoms with van der Waals surface area (Å²) in [5.74, 6) is -0.397. The molecule has 2 aromatic carbocycles. The molecule has 0 radical (unpaired) electrons. The van der Waals surface area contributed by atoms with Crippen molar-refractivity contribution in [3.05, 3.63) is 93.7 Å². The number of hydrogen-bond donors (Lipinski definition) is 0. The lowest BCUT2D eigenvalue weighted by molar-refractivity contribution is -0.132. The van der Waals surface area contributed by atoms with Gasteiger partial charge in [-0.15, -0.1) is 11.3 Å². The van der Waals surface area contributed by atoms with E-state index in [1.165, 1.54) is 16.3 Å². The van der Waals surface area contributed by atoms with Crippen molar-refractivity contribution in [2.75, 3.05) is 26.8 Å². The molecule has 0 atom stereocenters. The first-order valence-corrected chi connectivity index (χ1v) is 13.2. The van der Waals surface area contributed by atoms with Crippen molar-refractivity contribution >= 4 is 27.3 Å². The maximum absolute atomic E-state index is 13.4. The van der Waals surface area contributed by atoms with Crippen LogP contribution in [-0.4, -0.2) is 50.3 Å². The molecule has 8 heteroatoms. The third kappa shape index (κ3) is 7.78. The second kappa shape index (κ2) is 12.1. The fourth-order valence-corrected chi connectivity index (χ4v) is 5.79. The van der Waals surface area contributed by atoms with E-state index in [1.54, 1.807) is 40.5 Å². The smallest absolute Gasteiger partial charge is 0.238 e. The third-order valence-corrected chi connectivity index (χ3v) is 7.94. The lowest BCUT2D eigenvalue weighted by Crippen LogP contribution is -2.44. The van der Waals surface area contributed by atoms with Crippen LogP contribution in [0.3, 0.4) is 0 Å². The number of nitrogens with zero attached hydrogens (tertiary/aromatic N) is 2. The molecule has 0 saturated heterocycles. The Balaban J connectivity index is 1.80. The summed E-state index contributed by atoms with van der Waals surface area (Å²) >= 11 is 1.64. The molecule has 3 aromatic rings. The van der Waals surface area contributed by atoms with E-state index in [9.17, 15) is 13.2 Å². The molecule has 0 aliphatic heterocycles. The summed E-state index contributed by atoms with van der Waals surface area (Å²) in [5, 5.41) is 0. The van der Waals surface area contributed by atoms with Gasteiger partial charge in [0.05, 0.1) is 25.4 Å². The highest BCUT2D eigenvalue weighted by molar-refractivity contribution is 7.88. The maximum atomic E-state index is 13.4. The van der Waals surface area contributed by atoms with E-state index >= 15 is 0 Å². The number of rotatable bonds is 12. The molecule has 0 aliphatic rings. The zero-order valence-electron chi connectivity index (χ0n) is 19.0. The Morgan fingerprint density at radius 2 is 1.55 bits per heavy atom. The van der Waals surface area contributed by atoms with E-state index in [1.807, 2.05) is 55.5 Å². The molecule has 0 fully saturated rings. The summed E-state index contributed by atoms with van der Waals surface area (Å²) in [6, 6.07) is 22.8. The number of methoxy groups -OCH3 is 1. The van der Waals surface area contributed by atoms with E-state index in [0.717, 1.165) is 10.4 Å². The highest BCUT2D eigenvalue weighted by Gasteiger charge is 2.27. The molecular weight excluding hydrogens is 456 g/mol. The highest BCUT2D eigenvalue weighted by Crippen LogP contribution is 2.19. The molecule has 33 heavy (non-hydrogen) atoms. The molecule has 0 spiro atoms. The molecular formula is C25H30N2O4S2. The van der Waals surface area contributed by atoms with Gasteiger partial charge in [-0.25, -0.2) is 8.42 Å². The van der Waals surface area contributed by atoms with Crippen molar-refractivity contribution in [1.82, 2.24) is 9.21 Å². The van der Waals surface area contributed by atoms with E-state index in [4.69, 9.17) is 4.74 Å². The van der Waals surface area contributed by atoms with Gasteiger partial charge in [-0.05, 0) is 30.2 Å². The molecule has 1 aromatic heterocycles. The van der Waals surface area contributed by atoms with Crippen molar-refractivity contribution in [2.45, 2.75) is 25.8 Å². The lowest BCUT2D eigenvalue weighted by atomic mass is 10.2. The van der Waals surface area contributed by atoms with Gasteiger partial charge in [-0.3, -0.25) is 4.79 Å². The van der Waals surface area contributed by atoms with Crippen LogP contribution >= 0.6 is 11.3 Å². The zero-order valence-corrected chi connectivity index (χ0v) is 20.6. The maximum Gasteiger partial charge on any atom is 0.238 e. The topological polar surface area (TPSA) is 66.9 Å². The molecule has 0 bridgehead atoms. The van der Waals surface area contributed by atoms with Crippen LogP contribution in [0.15, 0.2) is 72.8 Å². The first-order chi connectivity index (χ1) is 15.9. The van der Waals surface area contributed by atoms with Gasteiger partial charge in [-0.2, -0.15) is 4.31 Å². The number of amides is 1. The average molecular weight is 487 g/mol. The number of carbonyl (C=O) groups is 1. The molecule has 176 valence electrons. The standard InChI is InChI=1S/C25H30N2O4S2/c1-21-13-14-24(32-21)18-26(17-22-9-5-3-6-10-22)25(28)19-27(15-16-31-2)33(29,30)20-23-11-7-4-8-12-23/h3-14H,15-20H2,1-2H3. The summed E-state index contributed by atoms with van der Waals surface area (Å²) in [6.45, 7) is 2.98. The number of sulfonamides is 1. The predicted molar refractivity (Wildman–Crippen MR) is 132 cm³/mol. The van der Waals surface area contributed by atoms with Gasteiger partial charge < -0.3 is 9.64 Å². The van der Waals surface area contributed by atoms with Gasteiger partial charge in [-0.1, -0.05) is 60.7 Å². The van der Waals surface area contributed by atoms with Gasteiger partial charge in [0.1, 0.15) is 0 Å². The highest BCUT2D eigenvalue weighted by atomic mass is 32.2. The first kappa shape index (κ1) is 25.1. The summed E-state index contributed by atoms with van der Waals surface area (Å²) in [7, 11) is -2.19. The number of carbonyl (C=O) groups excluding carboxylic acids is 1.